The van der Waals surface area contributed by atoms with Crippen molar-refractivity contribution in [1.82, 2.24) is 0 Å². The van der Waals surface area contributed by atoms with Gasteiger partial charge in [0.05, 0.1) is 31.5 Å². The third-order valence-corrected chi connectivity index (χ3v) is 2.28. The Hall–Kier alpha value is -1.57. The maximum Gasteiger partial charge on any atom is 0.120 e. The minimum absolute atomic E-state index is 0.231. The normalized spacial score (nSPS) is 15.2. The number of nitriles is 1. The molecule has 0 N–H and O–H groups in total. The zero-order valence-electron chi connectivity index (χ0n) is 8.89. The first kappa shape index (κ1) is 10.9. The van der Waals surface area contributed by atoms with Gasteiger partial charge in [-0.25, -0.2) is 0 Å². The summed E-state index contributed by atoms with van der Waals surface area (Å²) in [7, 11) is 0. The van der Waals surface area contributed by atoms with Crippen LogP contribution in [0.2, 0.25) is 0 Å². The molecule has 0 spiro atoms. The van der Waals surface area contributed by atoms with Crippen LogP contribution < -0.4 is 4.74 Å². The molecule has 1 aliphatic rings. The van der Waals surface area contributed by atoms with Crippen LogP contribution in [0.1, 0.15) is 5.56 Å². The van der Waals surface area contributed by atoms with E-state index in [9.17, 15) is 0 Å². The molecule has 0 aliphatic carbocycles. The molecule has 1 fully saturated rings. The molecule has 0 unspecified atom stereocenters. The van der Waals surface area contributed by atoms with Crippen LogP contribution in [-0.4, -0.2) is 32.5 Å². The van der Waals surface area contributed by atoms with Crippen LogP contribution in [0.5, 0.6) is 5.75 Å². The fourth-order valence-corrected chi connectivity index (χ4v) is 1.34. The lowest BCUT2D eigenvalue weighted by atomic mass is 10.2. The second kappa shape index (κ2) is 5.50. The summed E-state index contributed by atoms with van der Waals surface area (Å²) in [5, 5.41) is 8.70. The molecule has 16 heavy (non-hydrogen) atoms. The lowest BCUT2D eigenvalue weighted by Gasteiger charge is -2.25. The number of hydrogen-bond acceptors (Lipinski definition) is 4. The first-order valence-electron chi connectivity index (χ1n) is 5.21. The molecule has 0 saturated carbocycles. The van der Waals surface area contributed by atoms with Crippen LogP contribution in [0.3, 0.4) is 0 Å². The lowest BCUT2D eigenvalue weighted by Crippen LogP contribution is -2.37. The van der Waals surface area contributed by atoms with Crippen molar-refractivity contribution < 1.29 is 14.2 Å². The summed E-state index contributed by atoms with van der Waals surface area (Å²) in [4.78, 5) is 0. The third-order valence-electron chi connectivity index (χ3n) is 2.28. The van der Waals surface area contributed by atoms with E-state index in [-0.39, 0.29) is 6.10 Å². The van der Waals surface area contributed by atoms with Gasteiger partial charge in [-0.2, -0.15) is 5.26 Å². The summed E-state index contributed by atoms with van der Waals surface area (Å²) in [6.45, 7) is 2.41. The number of nitrogens with zero attached hydrogens (tertiary/aromatic N) is 1. The van der Waals surface area contributed by atoms with Gasteiger partial charge in [0.25, 0.3) is 0 Å². The van der Waals surface area contributed by atoms with Crippen molar-refractivity contribution in [3.05, 3.63) is 29.8 Å². The molecule has 1 aromatic rings. The van der Waals surface area contributed by atoms with E-state index in [2.05, 4.69) is 6.07 Å². The predicted molar refractivity (Wildman–Crippen MR) is 57.2 cm³/mol. The zero-order valence-corrected chi connectivity index (χ0v) is 8.89. The van der Waals surface area contributed by atoms with Gasteiger partial charge in [-0.1, -0.05) is 6.07 Å². The molecule has 2 rings (SSSR count). The molecule has 84 valence electrons. The van der Waals surface area contributed by atoms with E-state index in [1.807, 2.05) is 6.07 Å². The molecular formula is C12H13NO3. The fraction of sp³-hybridized carbons (Fsp3) is 0.417. The highest BCUT2D eigenvalue weighted by Crippen LogP contribution is 2.12. The Morgan fingerprint density at radius 1 is 1.38 bits per heavy atom. The Morgan fingerprint density at radius 3 is 2.94 bits per heavy atom. The van der Waals surface area contributed by atoms with Gasteiger partial charge in [-0.05, 0) is 18.2 Å². The van der Waals surface area contributed by atoms with Gasteiger partial charge >= 0.3 is 0 Å². The van der Waals surface area contributed by atoms with Gasteiger partial charge < -0.3 is 14.2 Å². The average molecular weight is 219 g/mol. The van der Waals surface area contributed by atoms with Crippen molar-refractivity contribution in [3.8, 4) is 11.8 Å². The second-order valence-electron chi connectivity index (χ2n) is 3.52. The van der Waals surface area contributed by atoms with E-state index in [0.717, 1.165) is 0 Å². The van der Waals surface area contributed by atoms with Gasteiger partial charge in [0, 0.05) is 0 Å². The van der Waals surface area contributed by atoms with Gasteiger partial charge in [-0.3, -0.25) is 0 Å². The Balaban J connectivity index is 1.70. The van der Waals surface area contributed by atoms with Gasteiger partial charge in [0.2, 0.25) is 0 Å². The molecule has 1 heterocycles. The Morgan fingerprint density at radius 2 is 2.25 bits per heavy atom. The second-order valence-corrected chi connectivity index (χ2v) is 3.52. The minimum atomic E-state index is 0.231. The van der Waals surface area contributed by atoms with Crippen LogP contribution in [0.15, 0.2) is 24.3 Å². The molecular weight excluding hydrogens is 206 g/mol. The SMILES string of the molecule is N#Cc1cccc(OCCOC2COC2)c1. The fourth-order valence-electron chi connectivity index (χ4n) is 1.34. The van der Waals surface area contributed by atoms with E-state index < -0.39 is 0 Å². The molecule has 0 atom stereocenters. The monoisotopic (exact) mass is 219 g/mol. The summed E-state index contributed by atoms with van der Waals surface area (Å²) in [5.74, 6) is 0.701. The third kappa shape index (κ3) is 2.96. The van der Waals surface area contributed by atoms with Crippen molar-refractivity contribution in [3.63, 3.8) is 0 Å². The quantitative estimate of drug-likeness (QED) is 0.701. The highest BCUT2D eigenvalue weighted by molar-refractivity contribution is 5.36. The Kier molecular flexibility index (Phi) is 3.76. The first-order chi connectivity index (χ1) is 7.88. The maximum atomic E-state index is 8.70. The lowest BCUT2D eigenvalue weighted by molar-refractivity contribution is -0.132. The van der Waals surface area contributed by atoms with Gasteiger partial charge in [-0.15, -0.1) is 0 Å². The summed E-state index contributed by atoms with van der Waals surface area (Å²) in [6.07, 6.45) is 0.231. The molecule has 0 aromatic heterocycles. The molecule has 0 radical (unpaired) electrons. The summed E-state index contributed by atoms with van der Waals surface area (Å²) >= 11 is 0. The van der Waals surface area contributed by atoms with E-state index in [1.165, 1.54) is 0 Å². The maximum absolute atomic E-state index is 8.70. The van der Waals surface area contributed by atoms with Gasteiger partial charge in [0.1, 0.15) is 18.5 Å². The first-order valence-corrected chi connectivity index (χ1v) is 5.21. The molecule has 0 amide bonds. The number of benzene rings is 1. The van der Waals surface area contributed by atoms with E-state index >= 15 is 0 Å². The Bertz CT molecular complexity index is 382. The van der Waals surface area contributed by atoms with E-state index in [0.29, 0.717) is 37.7 Å². The molecule has 4 heteroatoms. The van der Waals surface area contributed by atoms with Crippen LogP contribution >= 0.6 is 0 Å². The minimum Gasteiger partial charge on any atom is -0.491 e. The number of hydrogen-bond donors (Lipinski definition) is 0. The van der Waals surface area contributed by atoms with Crippen LogP contribution in [0.4, 0.5) is 0 Å². The van der Waals surface area contributed by atoms with Crippen molar-refractivity contribution in [1.29, 1.82) is 5.26 Å². The summed E-state index contributed by atoms with van der Waals surface area (Å²) < 4.78 is 15.9. The largest absolute Gasteiger partial charge is 0.491 e. The molecule has 0 bridgehead atoms. The highest BCUT2D eigenvalue weighted by Gasteiger charge is 2.18. The average Bonchev–Trinajstić information content (AvgIpc) is 2.27. The molecule has 1 aromatic carbocycles. The van der Waals surface area contributed by atoms with E-state index in [1.54, 1.807) is 18.2 Å². The van der Waals surface area contributed by atoms with Crippen LogP contribution in [-0.2, 0) is 9.47 Å². The van der Waals surface area contributed by atoms with Crippen molar-refractivity contribution in [2.45, 2.75) is 6.10 Å². The smallest absolute Gasteiger partial charge is 0.120 e. The topological polar surface area (TPSA) is 51.5 Å². The standard InChI is InChI=1S/C12H13NO3/c13-7-10-2-1-3-11(6-10)15-4-5-16-12-8-14-9-12/h1-3,6,12H,4-5,8-9H2. The van der Waals surface area contributed by atoms with Crippen molar-refractivity contribution >= 4 is 0 Å². The van der Waals surface area contributed by atoms with Gasteiger partial charge in [0.15, 0.2) is 0 Å². The van der Waals surface area contributed by atoms with Crippen molar-refractivity contribution in [2.24, 2.45) is 0 Å². The molecule has 1 saturated heterocycles. The molecule has 1 aliphatic heterocycles. The van der Waals surface area contributed by atoms with E-state index in [4.69, 9.17) is 19.5 Å². The zero-order chi connectivity index (χ0) is 11.2. The number of rotatable bonds is 5. The van der Waals surface area contributed by atoms with Crippen LogP contribution in [0.25, 0.3) is 0 Å². The summed E-state index contributed by atoms with van der Waals surface area (Å²) in [6, 6.07) is 9.15. The number of ether oxygens (including phenoxy) is 3. The van der Waals surface area contributed by atoms with Crippen LogP contribution in [0, 0.1) is 11.3 Å². The predicted octanol–water partition coefficient (Wildman–Crippen LogP) is 1.35. The summed E-state index contributed by atoms with van der Waals surface area (Å²) in [5.41, 5.74) is 0.603. The van der Waals surface area contributed by atoms with Crippen molar-refractivity contribution in [2.75, 3.05) is 26.4 Å². The Labute approximate surface area is 94.3 Å². The molecule has 4 nitrogen and oxygen atoms in total. The highest BCUT2D eigenvalue weighted by atomic mass is 16.6.